The van der Waals surface area contributed by atoms with Crippen LogP contribution in [0.15, 0.2) is 33.5 Å². The topological polar surface area (TPSA) is 50.4 Å². The minimum Gasteiger partial charge on any atom is -0.451 e. The van der Waals surface area contributed by atoms with Gasteiger partial charge in [0.2, 0.25) is 5.76 Å². The van der Waals surface area contributed by atoms with E-state index in [1.807, 2.05) is 0 Å². The van der Waals surface area contributed by atoms with Crippen LogP contribution in [-0.4, -0.2) is 5.11 Å². The average Bonchev–Trinajstić information content (AvgIpc) is 2.28. The van der Waals surface area contributed by atoms with E-state index >= 15 is 0 Å². The normalized spacial score (nSPS) is 12.0. The number of benzene rings is 1. The molecular weight excluding hydrogens is 237 g/mol. The van der Waals surface area contributed by atoms with Gasteiger partial charge in [-0.15, -0.1) is 0 Å². The predicted molar refractivity (Wildman–Crippen MR) is 53.4 cm³/mol. The van der Waals surface area contributed by atoms with Crippen LogP contribution >= 0.6 is 0 Å². The van der Waals surface area contributed by atoms with Gasteiger partial charge in [0.15, 0.2) is 5.43 Å². The lowest BCUT2D eigenvalue weighted by Crippen LogP contribution is -2.18. The third-order valence-electron chi connectivity index (χ3n) is 2.31. The summed E-state index contributed by atoms with van der Waals surface area (Å²) in [5.41, 5.74) is -1.78. The van der Waals surface area contributed by atoms with E-state index in [0.717, 1.165) is 0 Å². The lowest BCUT2D eigenvalue weighted by atomic mass is 10.1. The van der Waals surface area contributed by atoms with Crippen molar-refractivity contribution in [1.29, 1.82) is 0 Å². The molecule has 0 aliphatic carbocycles. The quantitative estimate of drug-likeness (QED) is 0.837. The summed E-state index contributed by atoms with van der Waals surface area (Å²) in [5, 5.41) is 8.88. The summed E-state index contributed by atoms with van der Waals surface area (Å²) < 4.78 is 42.4. The summed E-state index contributed by atoms with van der Waals surface area (Å²) >= 11 is 0. The third kappa shape index (κ3) is 1.91. The van der Waals surface area contributed by atoms with Gasteiger partial charge in [-0.1, -0.05) is 12.1 Å². The Balaban J connectivity index is 2.90. The van der Waals surface area contributed by atoms with E-state index in [0.29, 0.717) is 0 Å². The molecule has 2 rings (SSSR count). The maximum Gasteiger partial charge on any atom is 0.450 e. The molecule has 0 atom stereocenters. The predicted octanol–water partition coefficient (Wildman–Crippen LogP) is 2.30. The lowest BCUT2D eigenvalue weighted by Gasteiger charge is -2.10. The highest BCUT2D eigenvalue weighted by atomic mass is 19.4. The molecule has 1 aromatic heterocycles. The molecule has 90 valence electrons. The van der Waals surface area contributed by atoms with Gasteiger partial charge in [0, 0.05) is 0 Å². The molecular formula is C11H7F3O3. The fraction of sp³-hybridized carbons (Fsp3) is 0.182. The number of fused-ring (bicyclic) bond motifs is 1. The molecule has 0 aliphatic rings. The molecule has 3 nitrogen and oxygen atoms in total. The van der Waals surface area contributed by atoms with Crippen LogP contribution in [0, 0.1) is 0 Å². The second-order valence-electron chi connectivity index (χ2n) is 3.39. The van der Waals surface area contributed by atoms with Crippen LogP contribution in [0.1, 0.15) is 11.3 Å². The van der Waals surface area contributed by atoms with Crippen molar-refractivity contribution < 1.29 is 22.7 Å². The van der Waals surface area contributed by atoms with Crippen LogP contribution in [0.25, 0.3) is 11.0 Å². The van der Waals surface area contributed by atoms with Gasteiger partial charge in [-0.3, -0.25) is 4.79 Å². The van der Waals surface area contributed by atoms with Crippen LogP contribution in [0.3, 0.4) is 0 Å². The molecule has 1 N–H and O–H groups in total. The first-order valence-corrected chi connectivity index (χ1v) is 4.68. The van der Waals surface area contributed by atoms with Crippen molar-refractivity contribution in [2.75, 3.05) is 0 Å². The summed E-state index contributed by atoms with van der Waals surface area (Å²) in [6.07, 6.45) is -4.80. The highest BCUT2D eigenvalue weighted by Crippen LogP contribution is 2.32. The molecule has 1 heterocycles. The summed E-state index contributed by atoms with van der Waals surface area (Å²) in [7, 11) is 0. The van der Waals surface area contributed by atoms with E-state index in [4.69, 9.17) is 5.11 Å². The molecule has 6 heteroatoms. The van der Waals surface area contributed by atoms with Crippen molar-refractivity contribution in [3.05, 3.63) is 45.8 Å². The summed E-state index contributed by atoms with van der Waals surface area (Å²) in [5.74, 6) is -1.44. The number of aliphatic hydroxyl groups is 1. The number of hydrogen-bond acceptors (Lipinski definition) is 3. The van der Waals surface area contributed by atoms with E-state index in [1.54, 1.807) is 0 Å². The van der Waals surface area contributed by atoms with Gasteiger partial charge < -0.3 is 9.52 Å². The van der Waals surface area contributed by atoms with Crippen molar-refractivity contribution in [1.82, 2.24) is 0 Å². The van der Waals surface area contributed by atoms with Crippen molar-refractivity contribution in [2.24, 2.45) is 0 Å². The maximum absolute atomic E-state index is 12.6. The van der Waals surface area contributed by atoms with Gasteiger partial charge in [0.25, 0.3) is 0 Å². The van der Waals surface area contributed by atoms with E-state index in [-0.39, 0.29) is 11.0 Å². The Morgan fingerprint density at radius 2 is 1.88 bits per heavy atom. The Hall–Kier alpha value is -1.82. The van der Waals surface area contributed by atoms with Crippen molar-refractivity contribution in [3.8, 4) is 0 Å². The third-order valence-corrected chi connectivity index (χ3v) is 2.31. The van der Waals surface area contributed by atoms with E-state index < -0.39 is 29.5 Å². The molecule has 0 unspecified atom stereocenters. The molecule has 0 aliphatic heterocycles. The largest absolute Gasteiger partial charge is 0.451 e. The van der Waals surface area contributed by atoms with Crippen LogP contribution in [0.5, 0.6) is 0 Å². The molecule has 1 aromatic carbocycles. The zero-order chi connectivity index (χ0) is 12.6. The van der Waals surface area contributed by atoms with E-state index in [2.05, 4.69) is 4.42 Å². The monoisotopic (exact) mass is 244 g/mol. The minimum absolute atomic E-state index is 0.0181. The molecule has 0 spiro atoms. The minimum atomic E-state index is -4.80. The smallest absolute Gasteiger partial charge is 0.450 e. The van der Waals surface area contributed by atoms with Gasteiger partial charge in [0.05, 0.1) is 17.6 Å². The molecule has 2 aromatic rings. The molecule has 0 saturated carbocycles. The van der Waals surface area contributed by atoms with Crippen LogP contribution in [0.4, 0.5) is 13.2 Å². The van der Waals surface area contributed by atoms with E-state index in [9.17, 15) is 18.0 Å². The fourth-order valence-electron chi connectivity index (χ4n) is 1.55. The SMILES string of the molecule is O=c1c(CO)c(C(F)(F)F)oc2ccccc12. The Kier molecular flexibility index (Phi) is 2.66. The van der Waals surface area contributed by atoms with Gasteiger partial charge in [-0.2, -0.15) is 13.2 Å². The highest BCUT2D eigenvalue weighted by molar-refractivity contribution is 5.77. The van der Waals surface area contributed by atoms with Crippen molar-refractivity contribution >= 4 is 11.0 Å². The molecule has 0 saturated heterocycles. The zero-order valence-electron chi connectivity index (χ0n) is 8.41. The standard InChI is InChI=1S/C11H7F3O3/c12-11(13,14)10-7(5-15)9(16)6-3-1-2-4-8(6)17-10/h1-4,15H,5H2. The Morgan fingerprint density at radius 3 is 2.47 bits per heavy atom. The summed E-state index contributed by atoms with van der Waals surface area (Å²) in [6, 6.07) is 5.59. The lowest BCUT2D eigenvalue weighted by molar-refractivity contribution is -0.154. The number of alkyl halides is 3. The molecule has 0 fully saturated rings. The van der Waals surface area contributed by atoms with Crippen LogP contribution in [-0.2, 0) is 12.8 Å². The van der Waals surface area contributed by atoms with Gasteiger partial charge in [-0.05, 0) is 12.1 Å². The van der Waals surface area contributed by atoms with Gasteiger partial charge >= 0.3 is 6.18 Å². The Bertz CT molecular complexity index is 613. The molecule has 0 bridgehead atoms. The first-order valence-electron chi connectivity index (χ1n) is 4.68. The Morgan fingerprint density at radius 1 is 1.24 bits per heavy atom. The maximum atomic E-state index is 12.6. The van der Waals surface area contributed by atoms with Crippen LogP contribution in [0.2, 0.25) is 0 Å². The number of halogens is 3. The second-order valence-corrected chi connectivity index (χ2v) is 3.39. The second kappa shape index (κ2) is 3.89. The molecule has 0 amide bonds. The van der Waals surface area contributed by atoms with Gasteiger partial charge in [-0.25, -0.2) is 0 Å². The first kappa shape index (κ1) is 11.7. The number of aliphatic hydroxyl groups excluding tert-OH is 1. The van der Waals surface area contributed by atoms with Crippen LogP contribution < -0.4 is 5.43 Å². The average molecular weight is 244 g/mol. The van der Waals surface area contributed by atoms with Crippen molar-refractivity contribution in [3.63, 3.8) is 0 Å². The molecule has 17 heavy (non-hydrogen) atoms. The highest BCUT2D eigenvalue weighted by Gasteiger charge is 2.38. The van der Waals surface area contributed by atoms with Gasteiger partial charge in [0.1, 0.15) is 5.58 Å². The number of hydrogen-bond donors (Lipinski definition) is 1. The van der Waals surface area contributed by atoms with E-state index in [1.165, 1.54) is 24.3 Å². The number of rotatable bonds is 1. The van der Waals surface area contributed by atoms with Crippen molar-refractivity contribution in [2.45, 2.75) is 12.8 Å². The number of para-hydroxylation sites is 1. The molecule has 0 radical (unpaired) electrons. The Labute approximate surface area is 93.1 Å². The first-order chi connectivity index (χ1) is 7.95. The zero-order valence-corrected chi connectivity index (χ0v) is 8.41. The summed E-state index contributed by atoms with van der Waals surface area (Å²) in [4.78, 5) is 11.7. The summed E-state index contributed by atoms with van der Waals surface area (Å²) in [6.45, 7) is -1.01. The fourth-order valence-corrected chi connectivity index (χ4v) is 1.55.